The van der Waals surface area contributed by atoms with Gasteiger partial charge in [0, 0.05) is 6.42 Å². The van der Waals surface area contributed by atoms with Crippen molar-refractivity contribution < 1.29 is 48.3 Å². The molecule has 0 aromatic rings. The number of hydrogen-bond donors (Lipinski definition) is 0. The maximum absolute atomic E-state index is 13.7. The summed E-state index contributed by atoms with van der Waals surface area (Å²) in [6, 6.07) is -0.467. The first-order valence-electron chi connectivity index (χ1n) is 7.60. The summed E-state index contributed by atoms with van der Waals surface area (Å²) in [5.41, 5.74) is 0. The SMILES string of the molecule is CCC[Si](Cl)(CCC)CCC(F)(F)C(F)(F)C(F)(F)C(F)(F)C(F)(F)F. The van der Waals surface area contributed by atoms with Gasteiger partial charge in [0.2, 0.25) is 0 Å². The second-order valence-corrected chi connectivity index (χ2v) is 12.3. The number of halogens is 12. The monoisotopic (exact) mass is 446 g/mol. The fourth-order valence-corrected chi connectivity index (χ4v) is 7.14. The molecule has 158 valence electrons. The molecule has 0 bridgehead atoms. The molecule has 0 fully saturated rings. The predicted molar refractivity (Wildman–Crippen MR) is 77.1 cm³/mol. The molecule has 0 N–H and O–H groups in total. The molecule has 26 heavy (non-hydrogen) atoms. The molecular formula is C13H18ClF11Si. The van der Waals surface area contributed by atoms with Crippen LogP contribution in [0.4, 0.5) is 48.3 Å². The minimum Gasteiger partial charge on any atom is -0.200 e. The zero-order valence-corrected chi connectivity index (χ0v) is 15.5. The van der Waals surface area contributed by atoms with Crippen molar-refractivity contribution in [2.24, 2.45) is 0 Å². The molecule has 0 aromatic carbocycles. The summed E-state index contributed by atoms with van der Waals surface area (Å²) < 4.78 is 142. The maximum Gasteiger partial charge on any atom is 0.460 e. The van der Waals surface area contributed by atoms with Gasteiger partial charge in [-0.25, -0.2) is 0 Å². The third-order valence-electron chi connectivity index (χ3n) is 3.89. The van der Waals surface area contributed by atoms with Crippen LogP contribution in [0.1, 0.15) is 33.1 Å². The van der Waals surface area contributed by atoms with Gasteiger partial charge in [0.15, 0.2) is 7.38 Å². The van der Waals surface area contributed by atoms with Crippen LogP contribution in [0.5, 0.6) is 0 Å². The molecule has 0 unspecified atom stereocenters. The quantitative estimate of drug-likeness (QED) is 0.185. The zero-order valence-electron chi connectivity index (χ0n) is 13.8. The standard InChI is InChI=1S/C13H18ClF11Si/c1-3-6-26(14,7-4-2)8-5-9(15,16)10(17,18)11(19,20)12(21,22)13(23,24)25/h3-8H2,1-2H3. The molecule has 0 saturated heterocycles. The lowest BCUT2D eigenvalue weighted by molar-refractivity contribution is -0.422. The summed E-state index contributed by atoms with van der Waals surface area (Å²) in [5, 5.41) is 0. The van der Waals surface area contributed by atoms with Crippen molar-refractivity contribution in [1.82, 2.24) is 0 Å². The highest BCUT2D eigenvalue weighted by Crippen LogP contribution is 2.58. The van der Waals surface area contributed by atoms with Crippen molar-refractivity contribution in [1.29, 1.82) is 0 Å². The van der Waals surface area contributed by atoms with E-state index in [4.69, 9.17) is 11.1 Å². The summed E-state index contributed by atoms with van der Waals surface area (Å²) in [7, 11) is -3.08. The summed E-state index contributed by atoms with van der Waals surface area (Å²) in [5.74, 6) is -27.4. The van der Waals surface area contributed by atoms with E-state index in [0.717, 1.165) is 0 Å². The molecule has 0 rings (SSSR count). The molecule has 0 nitrogen and oxygen atoms in total. The van der Waals surface area contributed by atoms with Crippen LogP contribution in [0.3, 0.4) is 0 Å². The van der Waals surface area contributed by atoms with Gasteiger partial charge in [0.25, 0.3) is 0 Å². The van der Waals surface area contributed by atoms with Crippen molar-refractivity contribution in [2.75, 3.05) is 0 Å². The smallest absolute Gasteiger partial charge is 0.200 e. The summed E-state index contributed by atoms with van der Waals surface area (Å²) in [6.45, 7) is 3.23. The third kappa shape index (κ3) is 4.77. The Bertz CT molecular complexity index is 455. The summed E-state index contributed by atoms with van der Waals surface area (Å²) in [6.07, 6.45) is -8.37. The number of alkyl halides is 11. The van der Waals surface area contributed by atoms with Crippen LogP contribution in [0.25, 0.3) is 0 Å². The van der Waals surface area contributed by atoms with Gasteiger partial charge >= 0.3 is 29.9 Å². The van der Waals surface area contributed by atoms with Gasteiger partial charge in [-0.1, -0.05) is 26.7 Å². The molecule has 0 heterocycles. The molecule has 0 atom stereocenters. The van der Waals surface area contributed by atoms with E-state index in [1.54, 1.807) is 13.8 Å². The first kappa shape index (κ1) is 25.7. The van der Waals surface area contributed by atoms with Gasteiger partial charge in [-0.05, 0) is 18.1 Å². The zero-order chi connectivity index (χ0) is 21.2. The lowest BCUT2D eigenvalue weighted by Gasteiger charge is -2.38. The minimum atomic E-state index is -7.34. The molecular weight excluding hydrogens is 429 g/mol. The molecule has 0 radical (unpaired) electrons. The second-order valence-electron chi connectivity index (χ2n) is 6.08. The fraction of sp³-hybridized carbons (Fsp3) is 1.00. The van der Waals surface area contributed by atoms with Gasteiger partial charge in [0.1, 0.15) is 0 Å². The first-order valence-corrected chi connectivity index (χ1v) is 11.2. The van der Waals surface area contributed by atoms with Crippen LogP contribution in [0.15, 0.2) is 0 Å². The molecule has 0 aromatic heterocycles. The van der Waals surface area contributed by atoms with E-state index in [2.05, 4.69) is 0 Å². The Labute approximate surface area is 148 Å². The minimum absolute atomic E-state index is 0.180. The van der Waals surface area contributed by atoms with Crippen molar-refractivity contribution in [3.8, 4) is 0 Å². The highest BCUT2D eigenvalue weighted by Gasteiger charge is 2.86. The molecule has 0 amide bonds. The Morgan fingerprint density at radius 2 is 1.00 bits per heavy atom. The first-order chi connectivity index (χ1) is 11.3. The average Bonchev–Trinajstić information content (AvgIpc) is 2.44. The van der Waals surface area contributed by atoms with Crippen molar-refractivity contribution in [3.05, 3.63) is 0 Å². The van der Waals surface area contributed by atoms with Crippen LogP contribution in [-0.4, -0.2) is 37.3 Å². The van der Waals surface area contributed by atoms with E-state index in [-0.39, 0.29) is 12.1 Å². The van der Waals surface area contributed by atoms with Crippen LogP contribution < -0.4 is 0 Å². The van der Waals surface area contributed by atoms with Gasteiger partial charge in [-0.3, -0.25) is 0 Å². The summed E-state index contributed by atoms with van der Waals surface area (Å²) in [4.78, 5) is 0. The van der Waals surface area contributed by atoms with Gasteiger partial charge in [-0.15, -0.1) is 0 Å². The van der Waals surface area contributed by atoms with Crippen LogP contribution in [0.2, 0.25) is 18.1 Å². The van der Waals surface area contributed by atoms with Crippen LogP contribution in [0, 0.1) is 0 Å². The Morgan fingerprint density at radius 1 is 0.615 bits per heavy atom. The number of hydrogen-bond acceptors (Lipinski definition) is 0. The highest BCUT2D eigenvalue weighted by molar-refractivity contribution is 7.20. The Balaban J connectivity index is 5.68. The van der Waals surface area contributed by atoms with E-state index in [9.17, 15) is 48.3 Å². The van der Waals surface area contributed by atoms with Gasteiger partial charge < -0.3 is 0 Å². The lowest BCUT2D eigenvalue weighted by atomic mass is 9.96. The van der Waals surface area contributed by atoms with E-state index in [1.807, 2.05) is 0 Å². The average molecular weight is 447 g/mol. The highest BCUT2D eigenvalue weighted by atomic mass is 35.6. The molecule has 0 aliphatic carbocycles. The van der Waals surface area contributed by atoms with Gasteiger partial charge in [-0.2, -0.15) is 59.4 Å². The molecule has 13 heteroatoms. The van der Waals surface area contributed by atoms with E-state index in [0.29, 0.717) is 12.8 Å². The Hall–Kier alpha value is -0.263. The molecule has 0 spiro atoms. The van der Waals surface area contributed by atoms with Crippen molar-refractivity contribution >= 4 is 18.5 Å². The number of rotatable bonds is 10. The van der Waals surface area contributed by atoms with Crippen LogP contribution >= 0.6 is 11.1 Å². The van der Waals surface area contributed by atoms with E-state index < -0.39 is 49.7 Å². The van der Waals surface area contributed by atoms with Crippen LogP contribution in [-0.2, 0) is 0 Å². The molecule has 0 saturated carbocycles. The fourth-order valence-electron chi connectivity index (χ4n) is 2.41. The van der Waals surface area contributed by atoms with E-state index in [1.165, 1.54) is 0 Å². The van der Waals surface area contributed by atoms with Crippen molar-refractivity contribution in [3.63, 3.8) is 0 Å². The normalized spacial score (nSPS) is 15.5. The lowest BCUT2D eigenvalue weighted by Crippen LogP contribution is -2.66. The van der Waals surface area contributed by atoms with Crippen molar-refractivity contribution in [2.45, 2.75) is 81.1 Å². The molecule has 0 aliphatic heterocycles. The maximum atomic E-state index is 13.7. The second kappa shape index (κ2) is 8.00. The largest absolute Gasteiger partial charge is 0.460 e. The topological polar surface area (TPSA) is 0 Å². The third-order valence-corrected chi connectivity index (χ3v) is 9.53. The Morgan fingerprint density at radius 3 is 1.31 bits per heavy atom. The van der Waals surface area contributed by atoms with Gasteiger partial charge in [0.05, 0.1) is 0 Å². The Kier molecular flexibility index (Phi) is 7.92. The predicted octanol–water partition coefficient (Wildman–Crippen LogP) is 7.48. The molecule has 0 aliphatic rings. The van der Waals surface area contributed by atoms with E-state index >= 15 is 0 Å². The summed E-state index contributed by atoms with van der Waals surface area (Å²) >= 11 is 6.12.